The van der Waals surface area contributed by atoms with Crippen LogP contribution in [0.3, 0.4) is 0 Å². The van der Waals surface area contributed by atoms with Gasteiger partial charge in [-0.3, -0.25) is 4.99 Å². The standard InChI is InChI=1S/C16H30N4OS.HI/c1-6-21-15(12(2)3)8-10-19-16(17-5)18-9-7-14-11-22-13(4)20-14;/h11-12,15H,6-10H2,1-5H3,(H2,17,18,19);1H. The number of hydrogen-bond donors (Lipinski definition) is 2. The molecule has 0 aliphatic carbocycles. The maximum Gasteiger partial charge on any atom is 0.190 e. The lowest BCUT2D eigenvalue weighted by Crippen LogP contribution is -2.40. The van der Waals surface area contributed by atoms with Gasteiger partial charge in [0.1, 0.15) is 0 Å². The lowest BCUT2D eigenvalue weighted by molar-refractivity contribution is 0.0258. The predicted molar refractivity (Wildman–Crippen MR) is 110 cm³/mol. The Kier molecular flexibility index (Phi) is 12.7. The van der Waals surface area contributed by atoms with Gasteiger partial charge in [0.25, 0.3) is 0 Å². The Hall–Kier alpha value is -0.410. The van der Waals surface area contributed by atoms with E-state index in [2.05, 4.69) is 39.8 Å². The van der Waals surface area contributed by atoms with Crippen molar-refractivity contribution in [2.24, 2.45) is 10.9 Å². The monoisotopic (exact) mass is 454 g/mol. The SMILES string of the molecule is CCOC(CCNC(=NC)NCCc1csc(C)n1)C(C)C.I. The van der Waals surface area contributed by atoms with Crippen LogP contribution in [0.4, 0.5) is 0 Å². The fraction of sp³-hybridized carbons (Fsp3) is 0.750. The molecule has 1 aromatic heterocycles. The fourth-order valence-electron chi connectivity index (χ4n) is 2.21. The number of aromatic nitrogens is 1. The van der Waals surface area contributed by atoms with Crippen LogP contribution < -0.4 is 10.6 Å². The van der Waals surface area contributed by atoms with E-state index in [1.807, 2.05) is 13.8 Å². The van der Waals surface area contributed by atoms with Crippen LogP contribution in [0.15, 0.2) is 10.4 Å². The zero-order valence-corrected chi connectivity index (χ0v) is 18.0. The molecule has 7 heteroatoms. The third-order valence-corrected chi connectivity index (χ3v) is 4.23. The molecule has 0 aliphatic heterocycles. The van der Waals surface area contributed by atoms with Crippen molar-refractivity contribution >= 4 is 41.3 Å². The van der Waals surface area contributed by atoms with Crippen LogP contribution in [-0.2, 0) is 11.2 Å². The maximum atomic E-state index is 5.75. The number of rotatable bonds is 9. The number of thiazole rings is 1. The van der Waals surface area contributed by atoms with Gasteiger partial charge in [-0.1, -0.05) is 13.8 Å². The highest BCUT2D eigenvalue weighted by molar-refractivity contribution is 14.0. The molecule has 1 rings (SSSR count). The van der Waals surface area contributed by atoms with Crippen molar-refractivity contribution in [1.82, 2.24) is 15.6 Å². The van der Waals surface area contributed by atoms with E-state index in [1.54, 1.807) is 18.4 Å². The molecule has 0 fully saturated rings. The normalized spacial score (nSPS) is 12.9. The van der Waals surface area contributed by atoms with E-state index in [0.717, 1.165) is 49.2 Å². The summed E-state index contributed by atoms with van der Waals surface area (Å²) in [5.74, 6) is 1.37. The molecule has 1 heterocycles. The van der Waals surface area contributed by atoms with Gasteiger partial charge in [0.2, 0.25) is 0 Å². The number of nitrogens with one attached hydrogen (secondary N) is 2. The van der Waals surface area contributed by atoms with E-state index >= 15 is 0 Å². The van der Waals surface area contributed by atoms with Crippen molar-refractivity contribution in [2.75, 3.05) is 26.7 Å². The quantitative estimate of drug-likeness (QED) is 0.342. The largest absolute Gasteiger partial charge is 0.378 e. The van der Waals surface area contributed by atoms with Gasteiger partial charge in [-0.15, -0.1) is 35.3 Å². The minimum Gasteiger partial charge on any atom is -0.378 e. The summed E-state index contributed by atoms with van der Waals surface area (Å²) in [6, 6.07) is 0. The van der Waals surface area contributed by atoms with E-state index in [0.29, 0.717) is 12.0 Å². The molecule has 0 saturated carbocycles. The van der Waals surface area contributed by atoms with E-state index in [1.165, 1.54) is 0 Å². The van der Waals surface area contributed by atoms with Gasteiger partial charge >= 0.3 is 0 Å². The summed E-state index contributed by atoms with van der Waals surface area (Å²) in [4.78, 5) is 8.71. The smallest absolute Gasteiger partial charge is 0.190 e. The Morgan fingerprint density at radius 2 is 2.04 bits per heavy atom. The van der Waals surface area contributed by atoms with Crippen LogP contribution in [0, 0.1) is 12.8 Å². The first kappa shape index (κ1) is 22.6. The van der Waals surface area contributed by atoms with Crippen LogP contribution >= 0.6 is 35.3 Å². The highest BCUT2D eigenvalue weighted by atomic mass is 127. The van der Waals surface area contributed by atoms with E-state index in [9.17, 15) is 0 Å². The molecule has 1 aromatic rings. The summed E-state index contributed by atoms with van der Waals surface area (Å²) >= 11 is 1.69. The summed E-state index contributed by atoms with van der Waals surface area (Å²) in [6.07, 6.45) is 2.20. The molecule has 1 atom stereocenters. The van der Waals surface area contributed by atoms with Crippen LogP contribution in [0.5, 0.6) is 0 Å². The van der Waals surface area contributed by atoms with Gasteiger partial charge in [0.05, 0.1) is 16.8 Å². The molecule has 0 saturated heterocycles. The maximum absolute atomic E-state index is 5.75. The molecular weight excluding hydrogens is 423 g/mol. The molecule has 0 bridgehead atoms. The van der Waals surface area contributed by atoms with Crippen molar-refractivity contribution < 1.29 is 4.74 Å². The molecule has 5 nitrogen and oxygen atoms in total. The van der Waals surface area contributed by atoms with Crippen molar-refractivity contribution in [3.05, 3.63) is 16.1 Å². The average Bonchev–Trinajstić information content (AvgIpc) is 2.90. The Balaban J connectivity index is 0.00000484. The number of nitrogens with zero attached hydrogens (tertiary/aromatic N) is 2. The lowest BCUT2D eigenvalue weighted by atomic mass is 10.0. The Morgan fingerprint density at radius 1 is 1.35 bits per heavy atom. The number of guanidine groups is 1. The second-order valence-electron chi connectivity index (χ2n) is 5.56. The van der Waals surface area contributed by atoms with Crippen molar-refractivity contribution in [2.45, 2.75) is 46.6 Å². The van der Waals surface area contributed by atoms with Crippen molar-refractivity contribution in [3.63, 3.8) is 0 Å². The first-order valence-corrected chi connectivity index (χ1v) is 8.91. The highest BCUT2D eigenvalue weighted by Crippen LogP contribution is 2.10. The number of aliphatic imine (C=N–C) groups is 1. The molecule has 0 amide bonds. The molecule has 0 radical (unpaired) electrons. The van der Waals surface area contributed by atoms with Gasteiger partial charge in [0, 0.05) is 38.5 Å². The van der Waals surface area contributed by atoms with Crippen LogP contribution in [0.25, 0.3) is 0 Å². The first-order valence-electron chi connectivity index (χ1n) is 8.03. The lowest BCUT2D eigenvalue weighted by Gasteiger charge is -2.21. The zero-order valence-electron chi connectivity index (χ0n) is 14.9. The number of halogens is 1. The van der Waals surface area contributed by atoms with Crippen LogP contribution in [0.1, 0.15) is 37.9 Å². The summed E-state index contributed by atoms with van der Waals surface area (Å²) in [5, 5.41) is 9.90. The first-order chi connectivity index (χ1) is 10.6. The third-order valence-electron chi connectivity index (χ3n) is 3.41. The Bertz CT molecular complexity index is 451. The molecule has 23 heavy (non-hydrogen) atoms. The molecule has 0 spiro atoms. The van der Waals surface area contributed by atoms with E-state index in [4.69, 9.17) is 4.74 Å². The molecular formula is C16H31IN4OS. The van der Waals surface area contributed by atoms with Crippen molar-refractivity contribution in [1.29, 1.82) is 0 Å². The predicted octanol–water partition coefficient (Wildman–Crippen LogP) is 3.23. The topological polar surface area (TPSA) is 58.5 Å². The van der Waals surface area contributed by atoms with Gasteiger partial charge < -0.3 is 15.4 Å². The zero-order chi connectivity index (χ0) is 16.4. The highest BCUT2D eigenvalue weighted by Gasteiger charge is 2.12. The van der Waals surface area contributed by atoms with Crippen LogP contribution in [0.2, 0.25) is 0 Å². The summed E-state index contributed by atoms with van der Waals surface area (Å²) in [7, 11) is 1.80. The third kappa shape index (κ3) is 9.46. The summed E-state index contributed by atoms with van der Waals surface area (Å²) in [6.45, 7) is 10.9. The van der Waals surface area contributed by atoms with Crippen molar-refractivity contribution in [3.8, 4) is 0 Å². The average molecular weight is 454 g/mol. The molecule has 134 valence electrons. The van der Waals surface area contributed by atoms with Gasteiger partial charge in [-0.2, -0.15) is 0 Å². The molecule has 0 aliphatic rings. The fourth-order valence-corrected chi connectivity index (χ4v) is 2.86. The minimum absolute atomic E-state index is 0. The molecule has 1 unspecified atom stereocenters. The molecule has 2 N–H and O–H groups in total. The van der Waals surface area contributed by atoms with E-state index in [-0.39, 0.29) is 24.0 Å². The minimum atomic E-state index is 0. The summed E-state index contributed by atoms with van der Waals surface area (Å²) < 4.78 is 5.75. The van der Waals surface area contributed by atoms with Gasteiger partial charge in [-0.25, -0.2) is 4.98 Å². The second-order valence-corrected chi connectivity index (χ2v) is 6.62. The number of ether oxygens (including phenoxy) is 1. The Morgan fingerprint density at radius 3 is 2.57 bits per heavy atom. The number of aryl methyl sites for hydroxylation is 1. The van der Waals surface area contributed by atoms with E-state index < -0.39 is 0 Å². The van der Waals surface area contributed by atoms with Crippen LogP contribution in [-0.4, -0.2) is 43.8 Å². The summed E-state index contributed by atoms with van der Waals surface area (Å²) in [5.41, 5.74) is 1.14. The van der Waals surface area contributed by atoms with Gasteiger partial charge in [0.15, 0.2) is 5.96 Å². The molecule has 0 aromatic carbocycles. The van der Waals surface area contributed by atoms with Gasteiger partial charge in [-0.05, 0) is 26.2 Å². The number of hydrogen-bond acceptors (Lipinski definition) is 4. The Labute approximate surface area is 161 Å². The second kappa shape index (κ2) is 12.9.